The third-order valence-electron chi connectivity index (χ3n) is 3.53. The third-order valence-corrected chi connectivity index (χ3v) is 3.53. The Morgan fingerprint density at radius 2 is 1.83 bits per heavy atom. The van der Waals surface area contributed by atoms with Crippen molar-refractivity contribution in [2.45, 2.75) is 39.7 Å². The summed E-state index contributed by atoms with van der Waals surface area (Å²) in [7, 11) is 0. The Morgan fingerprint density at radius 1 is 1.08 bits per heavy atom. The fraction of sp³-hybridized carbons (Fsp3) is 0.368. The average molecular weight is 329 g/mol. The summed E-state index contributed by atoms with van der Waals surface area (Å²) in [5.41, 5.74) is -0.453. The molecule has 0 radical (unpaired) electrons. The van der Waals surface area contributed by atoms with Gasteiger partial charge < -0.3 is 14.0 Å². The van der Waals surface area contributed by atoms with E-state index in [4.69, 9.17) is 9.47 Å². The minimum absolute atomic E-state index is 0.00165. The molecule has 5 nitrogen and oxygen atoms in total. The van der Waals surface area contributed by atoms with E-state index in [-0.39, 0.29) is 17.9 Å². The van der Waals surface area contributed by atoms with E-state index >= 15 is 0 Å². The van der Waals surface area contributed by atoms with Crippen LogP contribution in [-0.4, -0.2) is 17.1 Å². The number of para-hydroxylation sites is 1. The number of unbranched alkanes of at least 4 members (excludes halogenated alkanes) is 2. The van der Waals surface area contributed by atoms with Crippen molar-refractivity contribution in [1.82, 2.24) is 4.57 Å². The lowest BCUT2D eigenvalue weighted by atomic mass is 10.2. The second-order valence-corrected chi connectivity index (χ2v) is 5.45. The van der Waals surface area contributed by atoms with Gasteiger partial charge in [-0.3, -0.25) is 4.79 Å². The number of carbonyl (C=O) groups is 1. The molecule has 1 aromatic carbocycles. The monoisotopic (exact) mass is 329 g/mol. The van der Waals surface area contributed by atoms with Crippen LogP contribution in [0.15, 0.2) is 47.5 Å². The smallest absolute Gasteiger partial charge is 0.343 e. The zero-order chi connectivity index (χ0) is 17.4. The molecule has 0 saturated carbocycles. The first-order valence-electron chi connectivity index (χ1n) is 8.29. The predicted octanol–water partition coefficient (Wildman–Crippen LogP) is 4.01. The molecule has 1 heterocycles. The van der Waals surface area contributed by atoms with Gasteiger partial charge in [0.05, 0.1) is 12.8 Å². The van der Waals surface area contributed by atoms with Gasteiger partial charge in [-0.05, 0) is 25.5 Å². The highest BCUT2D eigenvalue weighted by atomic mass is 16.5. The fourth-order valence-electron chi connectivity index (χ4n) is 2.32. The molecule has 128 valence electrons. The van der Waals surface area contributed by atoms with Crippen LogP contribution in [0.5, 0.6) is 11.5 Å². The van der Waals surface area contributed by atoms with E-state index in [1.807, 2.05) is 22.8 Å². The summed E-state index contributed by atoms with van der Waals surface area (Å²) in [5, 5.41) is 0. The van der Waals surface area contributed by atoms with Gasteiger partial charge >= 0.3 is 5.97 Å². The van der Waals surface area contributed by atoms with Crippen molar-refractivity contribution in [2.24, 2.45) is 0 Å². The van der Waals surface area contributed by atoms with Crippen LogP contribution in [0.1, 0.15) is 43.5 Å². The molecule has 0 N–H and O–H groups in total. The minimum Gasteiger partial charge on any atom is -0.462 e. The van der Waals surface area contributed by atoms with Crippen molar-refractivity contribution in [2.75, 3.05) is 6.61 Å². The van der Waals surface area contributed by atoms with Crippen LogP contribution in [-0.2, 0) is 11.3 Å². The molecule has 0 fully saturated rings. The maximum Gasteiger partial charge on any atom is 0.343 e. The van der Waals surface area contributed by atoms with Crippen molar-refractivity contribution in [1.29, 1.82) is 0 Å². The van der Waals surface area contributed by atoms with Gasteiger partial charge in [0.1, 0.15) is 11.3 Å². The first-order valence-corrected chi connectivity index (χ1v) is 8.29. The molecule has 0 saturated heterocycles. The van der Waals surface area contributed by atoms with E-state index in [9.17, 15) is 9.59 Å². The second-order valence-electron chi connectivity index (χ2n) is 5.45. The maximum atomic E-state index is 12.5. The molecule has 0 aliphatic heterocycles. The quantitative estimate of drug-likeness (QED) is 0.542. The highest BCUT2D eigenvalue weighted by Gasteiger charge is 2.17. The number of pyridine rings is 1. The predicted molar refractivity (Wildman–Crippen MR) is 92.7 cm³/mol. The van der Waals surface area contributed by atoms with Gasteiger partial charge in [0.25, 0.3) is 0 Å². The number of esters is 1. The van der Waals surface area contributed by atoms with Gasteiger partial charge in [-0.1, -0.05) is 38.0 Å². The zero-order valence-electron chi connectivity index (χ0n) is 14.2. The molecule has 0 amide bonds. The number of aromatic nitrogens is 1. The molecule has 5 heteroatoms. The third kappa shape index (κ3) is 4.72. The van der Waals surface area contributed by atoms with Crippen LogP contribution in [0.4, 0.5) is 0 Å². The second kappa shape index (κ2) is 8.91. The number of hydrogen-bond donors (Lipinski definition) is 0. The number of rotatable bonds is 8. The molecular formula is C19H23NO4. The summed E-state index contributed by atoms with van der Waals surface area (Å²) in [6.07, 6.45) is 6.34. The molecule has 0 spiro atoms. The van der Waals surface area contributed by atoms with Crippen molar-refractivity contribution in [3.05, 3.63) is 58.5 Å². The highest BCUT2D eigenvalue weighted by Crippen LogP contribution is 2.18. The van der Waals surface area contributed by atoms with Crippen LogP contribution in [0.3, 0.4) is 0 Å². The first kappa shape index (κ1) is 17.8. The number of benzene rings is 1. The van der Waals surface area contributed by atoms with Gasteiger partial charge in [0.15, 0.2) is 5.75 Å². The van der Waals surface area contributed by atoms with E-state index < -0.39 is 11.4 Å². The van der Waals surface area contributed by atoms with Gasteiger partial charge in [0, 0.05) is 12.7 Å². The molecule has 2 rings (SSSR count). The number of nitrogens with zero attached hydrogens (tertiary/aromatic N) is 1. The Kier molecular flexibility index (Phi) is 6.61. The molecule has 0 aliphatic carbocycles. The van der Waals surface area contributed by atoms with Gasteiger partial charge in [-0.2, -0.15) is 0 Å². The molecule has 24 heavy (non-hydrogen) atoms. The Bertz CT molecular complexity index is 722. The minimum atomic E-state index is -0.620. The molecule has 1 aromatic heterocycles. The largest absolute Gasteiger partial charge is 0.462 e. The van der Waals surface area contributed by atoms with E-state index in [1.54, 1.807) is 31.5 Å². The fourth-order valence-corrected chi connectivity index (χ4v) is 2.32. The van der Waals surface area contributed by atoms with Crippen molar-refractivity contribution in [3.63, 3.8) is 0 Å². The Morgan fingerprint density at radius 3 is 2.50 bits per heavy atom. The van der Waals surface area contributed by atoms with Crippen LogP contribution in [0.2, 0.25) is 0 Å². The first-order chi connectivity index (χ1) is 11.7. The van der Waals surface area contributed by atoms with E-state index in [2.05, 4.69) is 6.92 Å². The zero-order valence-corrected chi connectivity index (χ0v) is 14.2. The summed E-state index contributed by atoms with van der Waals surface area (Å²) in [5.74, 6) is 0.0595. The molecule has 2 aromatic rings. The molecular weight excluding hydrogens is 306 g/mol. The summed E-state index contributed by atoms with van der Waals surface area (Å²) in [6.45, 7) is 4.77. The summed E-state index contributed by atoms with van der Waals surface area (Å²) in [6, 6.07) is 9.04. The van der Waals surface area contributed by atoms with Gasteiger partial charge in [-0.15, -0.1) is 0 Å². The van der Waals surface area contributed by atoms with E-state index in [0.29, 0.717) is 12.3 Å². The number of ether oxygens (including phenoxy) is 2. The Balaban J connectivity index is 2.36. The average Bonchev–Trinajstić information content (AvgIpc) is 2.59. The number of hydrogen-bond acceptors (Lipinski definition) is 4. The molecule has 0 unspecified atom stereocenters. The van der Waals surface area contributed by atoms with Gasteiger partial charge in [-0.25, -0.2) is 4.79 Å². The van der Waals surface area contributed by atoms with Crippen molar-refractivity contribution >= 4 is 5.97 Å². The maximum absolute atomic E-state index is 12.5. The van der Waals surface area contributed by atoms with Crippen LogP contribution < -0.4 is 10.2 Å². The van der Waals surface area contributed by atoms with Gasteiger partial charge in [0.2, 0.25) is 5.43 Å². The SMILES string of the molecule is CCCCCn1cc(Oc2ccccc2)c(=O)c(C(=O)OCC)c1. The van der Waals surface area contributed by atoms with E-state index in [1.165, 1.54) is 0 Å². The molecule has 0 atom stereocenters. The lowest BCUT2D eigenvalue weighted by Gasteiger charge is -2.12. The van der Waals surface area contributed by atoms with E-state index in [0.717, 1.165) is 19.3 Å². The van der Waals surface area contributed by atoms with Crippen molar-refractivity contribution < 1.29 is 14.3 Å². The summed E-state index contributed by atoms with van der Waals surface area (Å²) < 4.78 is 12.5. The Hall–Kier alpha value is -2.56. The molecule has 0 aliphatic rings. The normalized spacial score (nSPS) is 10.4. The van der Waals surface area contributed by atoms with Crippen LogP contribution >= 0.6 is 0 Å². The van der Waals surface area contributed by atoms with Crippen LogP contribution in [0.25, 0.3) is 0 Å². The summed E-state index contributed by atoms with van der Waals surface area (Å²) in [4.78, 5) is 24.6. The standard InChI is InChI=1S/C19H23NO4/c1-3-5-9-12-20-13-16(19(22)23-4-2)18(21)17(14-20)24-15-10-7-6-8-11-15/h6-8,10-11,13-14H,3-5,9,12H2,1-2H3. The Labute approximate surface area is 141 Å². The lowest BCUT2D eigenvalue weighted by Crippen LogP contribution is -2.21. The summed E-state index contributed by atoms with van der Waals surface area (Å²) >= 11 is 0. The number of carbonyl (C=O) groups excluding carboxylic acids is 1. The molecule has 0 bridgehead atoms. The lowest BCUT2D eigenvalue weighted by molar-refractivity contribution is 0.0523. The highest BCUT2D eigenvalue weighted by molar-refractivity contribution is 5.89. The van der Waals surface area contributed by atoms with Crippen LogP contribution in [0, 0.1) is 0 Å². The number of aryl methyl sites for hydroxylation is 1. The van der Waals surface area contributed by atoms with Crippen molar-refractivity contribution in [3.8, 4) is 11.5 Å². The topological polar surface area (TPSA) is 57.5 Å².